The molecule has 13 rings (SSSR count). The van der Waals surface area contributed by atoms with E-state index in [-0.39, 0.29) is 20.1 Å². The Hall–Kier alpha value is -6.59. The summed E-state index contributed by atoms with van der Waals surface area (Å²) in [5.74, 6) is 0. The van der Waals surface area contributed by atoms with E-state index < -0.39 is 0 Å². The number of benzene rings is 7. The molecule has 0 amide bonds. The van der Waals surface area contributed by atoms with Crippen molar-refractivity contribution in [2.75, 3.05) is 0 Å². The summed E-state index contributed by atoms with van der Waals surface area (Å²) < 4.78 is 8.97. The minimum Gasteiger partial charge on any atom is -0.350 e. The Morgan fingerprint density at radius 1 is 0.509 bits per heavy atom. The zero-order valence-corrected chi connectivity index (χ0v) is 33.8. The third kappa shape index (κ3) is 4.66. The molecule has 6 heterocycles. The number of hydrogen-bond donors (Lipinski definition) is 0. The van der Waals surface area contributed by atoms with Crippen molar-refractivity contribution < 1.29 is 24.7 Å². The normalized spacial score (nSPS) is 12.0. The molecule has 0 bridgehead atoms. The molecule has 0 fully saturated rings. The van der Waals surface area contributed by atoms with Gasteiger partial charge in [-0.2, -0.15) is 30.3 Å². The van der Waals surface area contributed by atoms with Crippen LogP contribution in [-0.4, -0.2) is 18.4 Å². The SMILES string of the molecule is C[n+]1[c-]n(-c2[c-]cccc2)c2ccccc21.Cc1cnc(-c2[c-]ccc3c4cccc5c6cc7c(cc6n(c23)c54)c2cccc3c4ccccc4n7c32)cc1C.[Ir+3]. The van der Waals surface area contributed by atoms with Crippen LogP contribution in [0.4, 0.5) is 0 Å². The number of para-hydroxylation sites is 6. The van der Waals surface area contributed by atoms with Gasteiger partial charge in [0.1, 0.15) is 0 Å². The molecule has 6 heteroatoms. The predicted molar refractivity (Wildman–Crippen MR) is 229 cm³/mol. The first kappa shape index (κ1) is 33.7. The van der Waals surface area contributed by atoms with Gasteiger partial charge >= 0.3 is 20.1 Å². The molecule has 0 aliphatic carbocycles. The fourth-order valence-corrected chi connectivity index (χ4v) is 9.23. The van der Waals surface area contributed by atoms with Crippen LogP contribution in [0.15, 0.2) is 146 Å². The number of imidazole rings is 1. The van der Waals surface area contributed by atoms with E-state index in [1.165, 1.54) is 92.8 Å². The fraction of sp³-hybridized carbons (Fsp3) is 0.0588. The van der Waals surface area contributed by atoms with Gasteiger partial charge in [0, 0.05) is 44.0 Å². The van der Waals surface area contributed by atoms with Gasteiger partial charge in [0.05, 0.1) is 40.1 Å². The Morgan fingerprint density at radius 2 is 1.12 bits per heavy atom. The fourth-order valence-electron chi connectivity index (χ4n) is 9.23. The second kappa shape index (κ2) is 12.5. The number of nitrogens with zero attached hydrogens (tertiary/aromatic N) is 5. The van der Waals surface area contributed by atoms with Gasteiger partial charge in [0.25, 0.3) is 0 Å². The first-order valence-corrected chi connectivity index (χ1v) is 19.0. The van der Waals surface area contributed by atoms with Crippen molar-refractivity contribution in [2.45, 2.75) is 13.8 Å². The van der Waals surface area contributed by atoms with Gasteiger partial charge in [-0.3, -0.25) is 0 Å². The molecule has 0 unspecified atom stereocenters. The molecular weight excluding hydrogens is 875 g/mol. The molecule has 0 saturated carbocycles. The molecule has 0 aliphatic heterocycles. The summed E-state index contributed by atoms with van der Waals surface area (Å²) in [7, 11) is 2.00. The number of hydrogen-bond acceptors (Lipinski definition) is 1. The third-order valence-corrected chi connectivity index (χ3v) is 11.9. The maximum absolute atomic E-state index is 4.86. The van der Waals surface area contributed by atoms with Crippen LogP contribution >= 0.6 is 0 Å². The van der Waals surface area contributed by atoms with Crippen molar-refractivity contribution in [2.24, 2.45) is 7.05 Å². The van der Waals surface area contributed by atoms with Gasteiger partial charge in [-0.25, -0.2) is 0 Å². The molecule has 57 heavy (non-hydrogen) atoms. The van der Waals surface area contributed by atoms with E-state index in [4.69, 9.17) is 4.98 Å². The average Bonchev–Trinajstić information content (AvgIpc) is 4.03. The second-order valence-electron chi connectivity index (χ2n) is 15.0. The average molecular weight is 908 g/mol. The Kier molecular flexibility index (Phi) is 7.37. The maximum atomic E-state index is 4.86. The summed E-state index contributed by atoms with van der Waals surface area (Å²) in [6.45, 7) is 4.27. The Balaban J connectivity index is 0.000000185. The number of fused-ring (bicyclic) bond motifs is 13. The molecule has 270 valence electrons. The van der Waals surface area contributed by atoms with E-state index in [0.29, 0.717) is 0 Å². The Labute approximate surface area is 341 Å². The third-order valence-electron chi connectivity index (χ3n) is 11.9. The van der Waals surface area contributed by atoms with Crippen molar-refractivity contribution in [1.29, 1.82) is 0 Å². The summed E-state index contributed by atoms with van der Waals surface area (Å²) in [5, 5.41) is 10.3. The zero-order valence-electron chi connectivity index (χ0n) is 31.4. The summed E-state index contributed by atoms with van der Waals surface area (Å²) >= 11 is 0. The van der Waals surface area contributed by atoms with Crippen molar-refractivity contribution in [3.8, 4) is 16.9 Å². The molecule has 7 aromatic carbocycles. The largest absolute Gasteiger partial charge is 3.00 e. The predicted octanol–water partition coefficient (Wildman–Crippen LogP) is 11.5. The van der Waals surface area contributed by atoms with Crippen molar-refractivity contribution in [3.63, 3.8) is 0 Å². The molecule has 0 spiro atoms. The Bertz CT molecular complexity index is 3680. The molecule has 6 aromatic heterocycles. The minimum atomic E-state index is 0. The van der Waals surface area contributed by atoms with Crippen molar-refractivity contribution >= 4 is 87.2 Å². The van der Waals surface area contributed by atoms with Gasteiger partial charge in [0.2, 0.25) is 6.33 Å². The van der Waals surface area contributed by atoms with Crippen molar-refractivity contribution in [1.82, 2.24) is 18.4 Å². The van der Waals surface area contributed by atoms with Crippen LogP contribution in [0.2, 0.25) is 0 Å². The summed E-state index contributed by atoms with van der Waals surface area (Å²) in [6, 6.07) is 56.5. The van der Waals surface area contributed by atoms with Crippen LogP contribution in [0.3, 0.4) is 0 Å². The molecule has 0 radical (unpaired) electrons. The van der Waals surface area contributed by atoms with E-state index >= 15 is 0 Å². The summed E-state index contributed by atoms with van der Waals surface area (Å²) in [5.41, 5.74) is 15.3. The minimum absolute atomic E-state index is 0. The van der Waals surface area contributed by atoms with E-state index in [9.17, 15) is 0 Å². The molecule has 13 aromatic rings. The quantitative estimate of drug-likeness (QED) is 0.126. The topological polar surface area (TPSA) is 30.5 Å². The number of pyridine rings is 1. The molecule has 0 atom stereocenters. The molecule has 5 nitrogen and oxygen atoms in total. The smallest absolute Gasteiger partial charge is 0.350 e. The molecular formula is C51H33IrN5+. The summed E-state index contributed by atoms with van der Waals surface area (Å²) in [4.78, 5) is 4.86. The zero-order chi connectivity index (χ0) is 37.2. The van der Waals surface area contributed by atoms with Crippen LogP contribution in [0, 0.1) is 32.3 Å². The van der Waals surface area contributed by atoms with Crippen LogP contribution in [0.1, 0.15) is 11.1 Å². The maximum Gasteiger partial charge on any atom is 3.00 e. The van der Waals surface area contributed by atoms with Gasteiger partial charge in [-0.15, -0.1) is 23.8 Å². The standard InChI is InChI=1S/C37H22N3.C14H11N2.Ir/c1-20-16-31(38-19-21(20)2)28-14-7-11-25-24-10-6-13-27-30-17-33-29(18-34(30)40(36(24)27)37(25)28)26-12-5-9-23-22-8-3-4-15-32(22)39(33)35(23)26;1-15-11-16(12-7-3-2-4-8-12)14-10-6-5-9-13(14)15;/h3-13,15-19H,1-2H3;2-7,9-10H,1H3;/q2*-1;+3. The van der Waals surface area contributed by atoms with E-state index in [0.717, 1.165) is 22.5 Å². The second-order valence-corrected chi connectivity index (χ2v) is 15.0. The van der Waals surface area contributed by atoms with E-state index in [1.54, 1.807) is 0 Å². The molecule has 0 saturated heterocycles. The van der Waals surface area contributed by atoms with Crippen LogP contribution in [-0.2, 0) is 27.2 Å². The van der Waals surface area contributed by atoms with Crippen LogP contribution in [0.25, 0.3) is 104 Å². The molecule has 0 N–H and O–H groups in total. The number of rotatable bonds is 2. The first-order valence-electron chi connectivity index (χ1n) is 19.0. The van der Waals surface area contributed by atoms with Gasteiger partial charge in [0.15, 0.2) is 0 Å². The molecule has 0 aliphatic rings. The number of aromatic nitrogens is 5. The van der Waals surface area contributed by atoms with Gasteiger partial charge in [-0.05, 0) is 54.2 Å². The number of aryl methyl sites for hydroxylation is 3. The van der Waals surface area contributed by atoms with E-state index in [2.05, 4.69) is 144 Å². The van der Waals surface area contributed by atoms with Gasteiger partial charge < -0.3 is 22.9 Å². The van der Waals surface area contributed by atoms with E-state index in [1.807, 2.05) is 58.8 Å². The first-order chi connectivity index (χ1) is 27.5. The Morgan fingerprint density at radius 3 is 1.86 bits per heavy atom. The van der Waals surface area contributed by atoms with Crippen molar-refractivity contribution in [3.05, 3.63) is 175 Å². The monoisotopic (exact) mass is 908 g/mol. The summed E-state index contributed by atoms with van der Waals surface area (Å²) in [6.07, 6.45) is 5.25. The van der Waals surface area contributed by atoms with Crippen LogP contribution in [0.5, 0.6) is 0 Å². The van der Waals surface area contributed by atoms with Gasteiger partial charge in [-0.1, -0.05) is 102 Å². The van der Waals surface area contributed by atoms with Crippen LogP contribution < -0.4 is 4.57 Å².